The molecule has 0 unspecified atom stereocenters. The normalized spacial score (nSPS) is 24.4. The van der Waals surface area contributed by atoms with Crippen LogP contribution in [0, 0.1) is 0 Å². The van der Waals surface area contributed by atoms with Gasteiger partial charge in [0.25, 0.3) is 0 Å². The summed E-state index contributed by atoms with van der Waals surface area (Å²) in [5, 5.41) is 17.7. The fourth-order valence-electron chi connectivity index (χ4n) is 3.07. The highest BCUT2D eigenvalue weighted by atomic mass is 19.4. The molecule has 0 aliphatic carbocycles. The van der Waals surface area contributed by atoms with E-state index >= 15 is 0 Å². The number of aliphatic carboxylic acids is 2. The summed E-state index contributed by atoms with van der Waals surface area (Å²) in [6.07, 6.45) is -6.53. The third-order valence-corrected chi connectivity index (χ3v) is 4.49. The molecule has 7 nitrogen and oxygen atoms in total. The molecule has 2 fully saturated rings. The number of carbonyl (C=O) groups is 2. The average molecular weight is 440 g/mol. The van der Waals surface area contributed by atoms with E-state index in [4.69, 9.17) is 24.5 Å². The van der Waals surface area contributed by atoms with Crippen LogP contribution < -0.4 is 5.32 Å². The SMILES string of the molecule is CCN(CC)[C@H]1CCO[C@]2(CCNC2)C1.O=C(O)C(F)(F)F.O=C(O)C(F)(F)F. The molecule has 0 aromatic heterocycles. The van der Waals surface area contributed by atoms with E-state index < -0.39 is 24.3 Å². The third-order valence-electron chi connectivity index (χ3n) is 4.49. The first-order valence-electron chi connectivity index (χ1n) is 8.87. The van der Waals surface area contributed by atoms with Crippen LogP contribution >= 0.6 is 0 Å². The van der Waals surface area contributed by atoms with Gasteiger partial charge >= 0.3 is 24.3 Å². The average Bonchev–Trinajstić information content (AvgIpc) is 3.03. The molecule has 2 aliphatic heterocycles. The van der Waals surface area contributed by atoms with Gasteiger partial charge in [-0.1, -0.05) is 13.8 Å². The molecule has 0 bridgehead atoms. The van der Waals surface area contributed by atoms with Crippen LogP contribution in [0.1, 0.15) is 33.1 Å². The lowest BCUT2D eigenvalue weighted by Crippen LogP contribution is -2.49. The van der Waals surface area contributed by atoms with Crippen LogP contribution in [0.3, 0.4) is 0 Å². The van der Waals surface area contributed by atoms with Crippen molar-refractivity contribution in [2.45, 2.75) is 57.1 Å². The molecule has 29 heavy (non-hydrogen) atoms. The first-order valence-corrected chi connectivity index (χ1v) is 8.87. The maximum atomic E-state index is 10.6. The maximum absolute atomic E-state index is 10.6. The summed E-state index contributed by atoms with van der Waals surface area (Å²) >= 11 is 0. The van der Waals surface area contributed by atoms with Gasteiger partial charge < -0.3 is 25.2 Å². The van der Waals surface area contributed by atoms with Crippen molar-refractivity contribution in [2.75, 3.05) is 32.8 Å². The van der Waals surface area contributed by atoms with Gasteiger partial charge in [0.05, 0.1) is 5.60 Å². The second-order valence-corrected chi connectivity index (χ2v) is 6.43. The molecule has 0 radical (unpaired) electrons. The van der Waals surface area contributed by atoms with Crippen molar-refractivity contribution in [2.24, 2.45) is 0 Å². The molecule has 2 saturated heterocycles. The highest BCUT2D eigenvalue weighted by Crippen LogP contribution is 2.32. The van der Waals surface area contributed by atoms with Crippen molar-refractivity contribution in [1.82, 2.24) is 10.2 Å². The number of alkyl halides is 6. The monoisotopic (exact) mass is 440 g/mol. The largest absolute Gasteiger partial charge is 0.490 e. The van der Waals surface area contributed by atoms with Gasteiger partial charge in [0.15, 0.2) is 0 Å². The maximum Gasteiger partial charge on any atom is 0.490 e. The van der Waals surface area contributed by atoms with Crippen LogP contribution in [0.2, 0.25) is 0 Å². The molecule has 172 valence electrons. The number of ether oxygens (including phenoxy) is 1. The Morgan fingerprint density at radius 1 is 1.07 bits per heavy atom. The van der Waals surface area contributed by atoms with E-state index in [-0.39, 0.29) is 5.60 Å². The van der Waals surface area contributed by atoms with E-state index in [2.05, 4.69) is 24.1 Å². The predicted molar refractivity (Wildman–Crippen MR) is 89.5 cm³/mol. The Morgan fingerprint density at radius 2 is 1.52 bits per heavy atom. The quantitative estimate of drug-likeness (QED) is 0.580. The van der Waals surface area contributed by atoms with Crippen LogP contribution in [-0.2, 0) is 14.3 Å². The van der Waals surface area contributed by atoms with Gasteiger partial charge in [-0.05, 0) is 38.9 Å². The van der Waals surface area contributed by atoms with Crippen LogP contribution in [0.15, 0.2) is 0 Å². The van der Waals surface area contributed by atoms with Gasteiger partial charge in [0, 0.05) is 19.2 Å². The highest BCUT2D eigenvalue weighted by Gasteiger charge is 2.41. The van der Waals surface area contributed by atoms with Gasteiger partial charge in [-0.2, -0.15) is 26.3 Å². The summed E-state index contributed by atoms with van der Waals surface area (Å²) in [6.45, 7) is 10.0. The summed E-state index contributed by atoms with van der Waals surface area (Å²) in [6, 6.07) is 0.744. The van der Waals surface area contributed by atoms with Gasteiger partial charge in [0.1, 0.15) is 0 Å². The van der Waals surface area contributed by atoms with Crippen molar-refractivity contribution in [3.8, 4) is 0 Å². The lowest BCUT2D eigenvalue weighted by atomic mass is 9.89. The second-order valence-electron chi connectivity index (χ2n) is 6.43. The number of nitrogens with zero attached hydrogens (tertiary/aromatic N) is 1. The molecule has 0 saturated carbocycles. The predicted octanol–water partition coefficient (Wildman–Crippen LogP) is 2.51. The van der Waals surface area contributed by atoms with Gasteiger partial charge in [-0.3, -0.25) is 0 Å². The van der Waals surface area contributed by atoms with Gasteiger partial charge in [0.2, 0.25) is 0 Å². The van der Waals surface area contributed by atoms with Crippen molar-refractivity contribution in [1.29, 1.82) is 0 Å². The Kier molecular flexibility index (Phi) is 10.9. The minimum absolute atomic E-state index is 0.172. The standard InChI is InChI=1S/C12H24N2O.2C2HF3O2/c1-3-14(4-2)11-5-8-15-12(9-11)6-7-13-10-12;2*3-2(4,5)1(6)7/h11,13H,3-10H2,1-2H3;2*(H,6,7)/t11-,12+;;/m0../s1. The fraction of sp³-hybridized carbons (Fsp3) is 0.875. The Balaban J connectivity index is 0.000000473. The molecule has 0 amide bonds. The number of rotatable bonds is 3. The molecule has 0 aromatic carbocycles. The first kappa shape index (κ1) is 27.4. The van der Waals surface area contributed by atoms with Crippen LogP contribution in [0.25, 0.3) is 0 Å². The number of nitrogens with one attached hydrogen (secondary N) is 1. The van der Waals surface area contributed by atoms with Crippen molar-refractivity contribution in [3.05, 3.63) is 0 Å². The summed E-state index contributed by atoms with van der Waals surface area (Å²) in [5.41, 5.74) is 0.172. The molecular formula is C16H26F6N2O5. The smallest absolute Gasteiger partial charge is 0.475 e. The molecule has 2 aliphatic rings. The van der Waals surface area contributed by atoms with Crippen LogP contribution in [-0.4, -0.2) is 83.8 Å². The van der Waals surface area contributed by atoms with Crippen molar-refractivity contribution >= 4 is 11.9 Å². The molecule has 2 atom stereocenters. The topological polar surface area (TPSA) is 99.1 Å². The Morgan fingerprint density at radius 3 is 1.83 bits per heavy atom. The van der Waals surface area contributed by atoms with E-state index in [1.165, 1.54) is 32.4 Å². The Labute approximate surface area is 164 Å². The molecule has 2 rings (SSSR count). The number of carboxylic acids is 2. The molecular weight excluding hydrogens is 414 g/mol. The summed E-state index contributed by atoms with van der Waals surface area (Å²) in [7, 11) is 0. The third kappa shape index (κ3) is 10.1. The van der Waals surface area contributed by atoms with Gasteiger partial charge in [-0.15, -0.1) is 0 Å². The van der Waals surface area contributed by atoms with Gasteiger partial charge in [-0.25, -0.2) is 9.59 Å². The Bertz CT molecular complexity index is 493. The summed E-state index contributed by atoms with van der Waals surface area (Å²) in [5.74, 6) is -5.51. The van der Waals surface area contributed by atoms with E-state index in [1.54, 1.807) is 0 Å². The van der Waals surface area contributed by atoms with Crippen LogP contribution in [0.4, 0.5) is 26.3 Å². The minimum atomic E-state index is -5.08. The summed E-state index contributed by atoms with van der Waals surface area (Å²) < 4.78 is 69.5. The van der Waals surface area contributed by atoms with E-state index in [9.17, 15) is 26.3 Å². The van der Waals surface area contributed by atoms with Crippen molar-refractivity contribution < 1.29 is 50.9 Å². The lowest BCUT2D eigenvalue weighted by molar-refractivity contribution is -0.193. The van der Waals surface area contributed by atoms with E-state index in [1.807, 2.05) is 0 Å². The van der Waals surface area contributed by atoms with E-state index in [0.29, 0.717) is 0 Å². The number of hydrogen-bond donors (Lipinski definition) is 3. The molecule has 1 spiro atoms. The van der Waals surface area contributed by atoms with Crippen LogP contribution in [0.5, 0.6) is 0 Å². The number of hydrogen-bond acceptors (Lipinski definition) is 5. The number of carboxylic acid groups (broad SMARTS) is 2. The zero-order valence-electron chi connectivity index (χ0n) is 16.1. The summed E-state index contributed by atoms with van der Waals surface area (Å²) in [4.78, 5) is 20.4. The molecule has 13 heteroatoms. The zero-order chi connectivity index (χ0) is 22.9. The van der Waals surface area contributed by atoms with E-state index in [0.717, 1.165) is 25.7 Å². The number of halogens is 6. The first-order chi connectivity index (χ1) is 13.2. The molecule has 2 heterocycles. The minimum Gasteiger partial charge on any atom is -0.475 e. The second kappa shape index (κ2) is 11.6. The Hall–Kier alpha value is -1.60. The highest BCUT2D eigenvalue weighted by molar-refractivity contribution is 5.73. The fourth-order valence-corrected chi connectivity index (χ4v) is 3.07. The lowest BCUT2D eigenvalue weighted by Gasteiger charge is -2.42. The zero-order valence-corrected chi connectivity index (χ0v) is 16.1. The molecule has 0 aromatic rings. The van der Waals surface area contributed by atoms with Crippen molar-refractivity contribution in [3.63, 3.8) is 0 Å². The molecule has 3 N–H and O–H groups in total.